The molecule has 0 aromatic rings. The lowest BCUT2D eigenvalue weighted by molar-refractivity contribution is -0.133. The van der Waals surface area contributed by atoms with Crippen molar-refractivity contribution in [1.29, 1.82) is 0 Å². The average Bonchev–Trinajstić information content (AvgIpc) is 2.58. The van der Waals surface area contributed by atoms with Crippen LogP contribution >= 0.6 is 0 Å². The van der Waals surface area contributed by atoms with Gasteiger partial charge in [0.15, 0.2) is 0 Å². The van der Waals surface area contributed by atoms with E-state index in [1.807, 2.05) is 0 Å². The van der Waals surface area contributed by atoms with Gasteiger partial charge in [0.2, 0.25) is 5.91 Å². The Morgan fingerprint density at radius 3 is 1.40 bits per heavy atom. The number of carbonyl (C=O) groups excluding carboxylic acids is 1. The monoisotopic (exact) mass is 353 g/mol. The molecule has 0 spiro atoms. The lowest BCUT2D eigenvalue weighted by atomic mass is 10.0. The molecule has 0 aliphatic heterocycles. The summed E-state index contributed by atoms with van der Waals surface area (Å²) >= 11 is 0. The molecule has 0 saturated carbocycles. The molecule has 150 valence electrons. The minimum absolute atomic E-state index is 0.340. The van der Waals surface area contributed by atoms with E-state index in [2.05, 4.69) is 32.6 Å². The summed E-state index contributed by atoms with van der Waals surface area (Å²) in [6.07, 6.45) is 21.1. The molecule has 0 radical (unpaired) electrons. The molecule has 0 saturated heterocycles. The summed E-state index contributed by atoms with van der Waals surface area (Å²) in [5.74, 6) is 0.340. The van der Waals surface area contributed by atoms with Crippen molar-refractivity contribution in [2.75, 3.05) is 6.54 Å². The molecule has 1 amide bonds. The molecule has 0 aromatic heterocycles. The molecule has 0 heterocycles. The van der Waals surface area contributed by atoms with Gasteiger partial charge in [-0.05, 0) is 26.7 Å². The second kappa shape index (κ2) is 18.3. The first-order valence-corrected chi connectivity index (χ1v) is 11.4. The normalized spacial score (nSPS) is 11.2. The fourth-order valence-corrected chi connectivity index (χ4v) is 3.51. The third-order valence-corrected chi connectivity index (χ3v) is 5.16. The first-order chi connectivity index (χ1) is 12.1. The SMILES string of the molecule is CCCCCCCCCCCCCCCCN(C(=O)CCC)C(C)C. The second-order valence-electron chi connectivity index (χ2n) is 8.03. The summed E-state index contributed by atoms with van der Waals surface area (Å²) < 4.78 is 0. The van der Waals surface area contributed by atoms with Crippen LogP contribution in [0.3, 0.4) is 0 Å². The van der Waals surface area contributed by atoms with Crippen molar-refractivity contribution in [2.45, 2.75) is 136 Å². The Bertz CT molecular complexity index is 288. The van der Waals surface area contributed by atoms with E-state index in [-0.39, 0.29) is 0 Å². The molecule has 0 N–H and O–H groups in total. The maximum absolute atomic E-state index is 12.1. The van der Waals surface area contributed by atoms with Gasteiger partial charge in [0, 0.05) is 19.0 Å². The van der Waals surface area contributed by atoms with E-state index in [9.17, 15) is 4.79 Å². The lowest BCUT2D eigenvalue weighted by Gasteiger charge is -2.26. The second-order valence-corrected chi connectivity index (χ2v) is 8.03. The molecule has 2 nitrogen and oxygen atoms in total. The van der Waals surface area contributed by atoms with Crippen LogP contribution in [0, 0.1) is 0 Å². The highest BCUT2D eigenvalue weighted by molar-refractivity contribution is 5.76. The molecule has 0 rings (SSSR count). The average molecular weight is 354 g/mol. The molecule has 0 bridgehead atoms. The van der Waals surface area contributed by atoms with Crippen molar-refractivity contribution in [3.05, 3.63) is 0 Å². The van der Waals surface area contributed by atoms with Gasteiger partial charge in [-0.1, -0.05) is 97.3 Å². The molecule has 0 unspecified atom stereocenters. The van der Waals surface area contributed by atoms with Gasteiger partial charge < -0.3 is 4.90 Å². The minimum atomic E-state index is 0.340. The zero-order chi connectivity index (χ0) is 18.8. The van der Waals surface area contributed by atoms with E-state index < -0.39 is 0 Å². The Hall–Kier alpha value is -0.530. The third kappa shape index (κ3) is 15.4. The Labute approximate surface area is 159 Å². The maximum Gasteiger partial charge on any atom is 0.222 e. The molecule has 0 fully saturated rings. The maximum atomic E-state index is 12.1. The highest BCUT2D eigenvalue weighted by Gasteiger charge is 2.14. The van der Waals surface area contributed by atoms with Crippen molar-refractivity contribution >= 4 is 5.91 Å². The number of hydrogen-bond acceptors (Lipinski definition) is 1. The van der Waals surface area contributed by atoms with Crippen molar-refractivity contribution in [3.63, 3.8) is 0 Å². The van der Waals surface area contributed by atoms with Gasteiger partial charge in [-0.25, -0.2) is 0 Å². The highest BCUT2D eigenvalue weighted by atomic mass is 16.2. The van der Waals surface area contributed by atoms with Gasteiger partial charge in [-0.15, -0.1) is 0 Å². The Morgan fingerprint density at radius 2 is 1.04 bits per heavy atom. The van der Waals surface area contributed by atoms with Crippen LogP contribution in [0.4, 0.5) is 0 Å². The van der Waals surface area contributed by atoms with Crippen molar-refractivity contribution in [3.8, 4) is 0 Å². The topological polar surface area (TPSA) is 20.3 Å². The van der Waals surface area contributed by atoms with Crippen LogP contribution in [-0.4, -0.2) is 23.4 Å². The predicted molar refractivity (Wildman–Crippen MR) is 112 cm³/mol. The largest absolute Gasteiger partial charge is 0.340 e. The van der Waals surface area contributed by atoms with Crippen LogP contribution in [0.5, 0.6) is 0 Å². The fraction of sp³-hybridized carbons (Fsp3) is 0.957. The van der Waals surface area contributed by atoms with Crippen LogP contribution in [0.1, 0.15) is 130 Å². The lowest BCUT2D eigenvalue weighted by Crippen LogP contribution is -2.37. The van der Waals surface area contributed by atoms with Gasteiger partial charge in [0.25, 0.3) is 0 Å². The molecule has 0 atom stereocenters. The van der Waals surface area contributed by atoms with Gasteiger partial charge in [0.1, 0.15) is 0 Å². The van der Waals surface area contributed by atoms with Crippen molar-refractivity contribution < 1.29 is 4.79 Å². The van der Waals surface area contributed by atoms with E-state index in [0.717, 1.165) is 13.0 Å². The quantitative estimate of drug-likeness (QED) is 0.233. The Morgan fingerprint density at radius 1 is 0.640 bits per heavy atom. The van der Waals surface area contributed by atoms with Gasteiger partial charge in [-0.2, -0.15) is 0 Å². The van der Waals surface area contributed by atoms with Gasteiger partial charge >= 0.3 is 0 Å². The number of unbranched alkanes of at least 4 members (excludes halogenated alkanes) is 13. The zero-order valence-corrected chi connectivity index (χ0v) is 18.0. The van der Waals surface area contributed by atoms with E-state index in [0.29, 0.717) is 18.4 Å². The molecular weight excluding hydrogens is 306 g/mol. The summed E-state index contributed by atoms with van der Waals surface area (Å²) in [4.78, 5) is 14.1. The molecule has 25 heavy (non-hydrogen) atoms. The fourth-order valence-electron chi connectivity index (χ4n) is 3.51. The summed E-state index contributed by atoms with van der Waals surface area (Å²) in [6.45, 7) is 9.60. The van der Waals surface area contributed by atoms with E-state index >= 15 is 0 Å². The molecule has 0 aromatic carbocycles. The first-order valence-electron chi connectivity index (χ1n) is 11.4. The summed E-state index contributed by atoms with van der Waals surface area (Å²) in [6, 6.07) is 0.348. The molecule has 2 heteroatoms. The van der Waals surface area contributed by atoms with E-state index in [1.54, 1.807) is 0 Å². The minimum Gasteiger partial charge on any atom is -0.340 e. The predicted octanol–water partition coefficient (Wildman–Crippen LogP) is 7.50. The molecule has 0 aliphatic rings. The van der Waals surface area contributed by atoms with E-state index in [4.69, 9.17) is 0 Å². The highest BCUT2D eigenvalue weighted by Crippen LogP contribution is 2.13. The standard InChI is InChI=1S/C23H47NO/c1-5-7-8-9-10-11-12-13-14-15-16-17-18-19-21-24(22(3)4)23(25)20-6-2/h22H,5-21H2,1-4H3. The van der Waals surface area contributed by atoms with Gasteiger partial charge in [-0.3, -0.25) is 4.79 Å². The van der Waals surface area contributed by atoms with Gasteiger partial charge in [0.05, 0.1) is 0 Å². The van der Waals surface area contributed by atoms with E-state index in [1.165, 1.54) is 89.9 Å². The number of rotatable bonds is 18. The smallest absolute Gasteiger partial charge is 0.222 e. The number of nitrogens with zero attached hydrogens (tertiary/aromatic N) is 1. The summed E-state index contributed by atoms with van der Waals surface area (Å²) in [5.41, 5.74) is 0. The molecule has 0 aliphatic carbocycles. The Balaban J connectivity index is 3.38. The first kappa shape index (κ1) is 24.5. The van der Waals surface area contributed by atoms with Crippen LogP contribution in [0.25, 0.3) is 0 Å². The van der Waals surface area contributed by atoms with Crippen LogP contribution in [0.15, 0.2) is 0 Å². The van der Waals surface area contributed by atoms with Crippen molar-refractivity contribution in [1.82, 2.24) is 4.90 Å². The molecular formula is C23H47NO. The summed E-state index contributed by atoms with van der Waals surface area (Å²) in [7, 11) is 0. The third-order valence-electron chi connectivity index (χ3n) is 5.16. The van der Waals surface area contributed by atoms with Crippen LogP contribution < -0.4 is 0 Å². The Kier molecular flexibility index (Phi) is 17.9. The zero-order valence-electron chi connectivity index (χ0n) is 18.0. The number of amides is 1. The van der Waals surface area contributed by atoms with Crippen molar-refractivity contribution in [2.24, 2.45) is 0 Å². The number of hydrogen-bond donors (Lipinski definition) is 0. The van der Waals surface area contributed by atoms with Crippen LogP contribution in [-0.2, 0) is 4.79 Å². The van der Waals surface area contributed by atoms with Crippen LogP contribution in [0.2, 0.25) is 0 Å². The summed E-state index contributed by atoms with van der Waals surface area (Å²) in [5, 5.41) is 0. The number of carbonyl (C=O) groups is 1.